The minimum Gasteiger partial charge on any atom is -0.449 e. The maximum Gasteiger partial charge on any atom is 0.253 e. The number of amides is 1. The van der Waals surface area contributed by atoms with E-state index in [1.54, 1.807) is 12.5 Å². The van der Waals surface area contributed by atoms with Crippen LogP contribution in [0.15, 0.2) is 40.7 Å². The monoisotopic (exact) mass is 258 g/mol. The van der Waals surface area contributed by atoms with Gasteiger partial charge in [-0.1, -0.05) is 18.2 Å². The Kier molecular flexibility index (Phi) is 3.49. The average Bonchev–Trinajstić information content (AvgIpc) is 3.02. The lowest BCUT2D eigenvalue weighted by molar-refractivity contribution is -0.128. The molecule has 1 atom stereocenters. The van der Waals surface area contributed by atoms with E-state index in [4.69, 9.17) is 4.42 Å². The number of rotatable bonds is 2. The van der Waals surface area contributed by atoms with Crippen LogP contribution in [0.25, 0.3) is 0 Å². The second kappa shape index (κ2) is 5.43. The number of aromatic nitrogens is 1. The molecule has 0 saturated carbocycles. The Morgan fingerprint density at radius 1 is 1.42 bits per heavy atom. The molecule has 4 nitrogen and oxygen atoms in total. The maximum atomic E-state index is 12.4. The number of carbonyl (C=O) groups excluding carboxylic acids is 1. The highest BCUT2D eigenvalue weighted by Crippen LogP contribution is 2.27. The maximum absolute atomic E-state index is 12.4. The SMILES string of the molecule is O=C(C1=CCCC=C1)N1CCC[C@@H](c2ncco2)C1. The van der Waals surface area contributed by atoms with Crippen molar-refractivity contribution < 1.29 is 9.21 Å². The summed E-state index contributed by atoms with van der Waals surface area (Å²) in [6.45, 7) is 1.55. The first-order valence-electron chi connectivity index (χ1n) is 6.90. The largest absolute Gasteiger partial charge is 0.449 e. The van der Waals surface area contributed by atoms with Crippen LogP contribution in [0.4, 0.5) is 0 Å². The van der Waals surface area contributed by atoms with Crippen LogP contribution in [0.1, 0.15) is 37.5 Å². The van der Waals surface area contributed by atoms with Crippen LogP contribution in [0.3, 0.4) is 0 Å². The first-order chi connectivity index (χ1) is 9.34. The average molecular weight is 258 g/mol. The summed E-state index contributed by atoms with van der Waals surface area (Å²) >= 11 is 0. The van der Waals surface area contributed by atoms with Crippen LogP contribution < -0.4 is 0 Å². The van der Waals surface area contributed by atoms with Gasteiger partial charge in [-0.2, -0.15) is 0 Å². The van der Waals surface area contributed by atoms with E-state index < -0.39 is 0 Å². The molecule has 0 bridgehead atoms. The van der Waals surface area contributed by atoms with Crippen molar-refractivity contribution >= 4 is 5.91 Å². The third kappa shape index (κ3) is 2.62. The van der Waals surface area contributed by atoms with Crippen LogP contribution in [-0.2, 0) is 4.79 Å². The zero-order valence-corrected chi connectivity index (χ0v) is 10.9. The van der Waals surface area contributed by atoms with Crippen molar-refractivity contribution in [1.82, 2.24) is 9.88 Å². The van der Waals surface area contributed by atoms with Gasteiger partial charge in [0.1, 0.15) is 6.26 Å². The summed E-state index contributed by atoms with van der Waals surface area (Å²) in [5, 5.41) is 0. The summed E-state index contributed by atoms with van der Waals surface area (Å²) in [6.07, 6.45) is 13.4. The van der Waals surface area contributed by atoms with Gasteiger partial charge in [-0.25, -0.2) is 4.98 Å². The second-order valence-corrected chi connectivity index (χ2v) is 5.10. The van der Waals surface area contributed by atoms with E-state index in [-0.39, 0.29) is 11.8 Å². The van der Waals surface area contributed by atoms with E-state index >= 15 is 0 Å². The first kappa shape index (κ1) is 12.2. The quantitative estimate of drug-likeness (QED) is 0.819. The number of piperidine rings is 1. The summed E-state index contributed by atoms with van der Waals surface area (Å²) in [5.41, 5.74) is 0.833. The van der Waals surface area contributed by atoms with Crippen LogP contribution in [0.5, 0.6) is 0 Å². The fourth-order valence-corrected chi connectivity index (χ4v) is 2.75. The Morgan fingerprint density at radius 3 is 3.11 bits per heavy atom. The number of hydrogen-bond acceptors (Lipinski definition) is 3. The number of hydrogen-bond donors (Lipinski definition) is 0. The highest BCUT2D eigenvalue weighted by Gasteiger charge is 2.28. The molecule has 2 heterocycles. The highest BCUT2D eigenvalue weighted by molar-refractivity contribution is 5.96. The van der Waals surface area contributed by atoms with E-state index in [9.17, 15) is 4.79 Å². The summed E-state index contributed by atoms with van der Waals surface area (Å²) < 4.78 is 5.37. The Bertz CT molecular complexity index is 502. The highest BCUT2D eigenvalue weighted by atomic mass is 16.3. The third-order valence-electron chi connectivity index (χ3n) is 3.75. The Hall–Kier alpha value is -1.84. The van der Waals surface area contributed by atoms with Crippen LogP contribution in [0, 0.1) is 0 Å². The van der Waals surface area contributed by atoms with E-state index in [2.05, 4.69) is 11.1 Å². The fraction of sp³-hybridized carbons (Fsp3) is 0.467. The van der Waals surface area contributed by atoms with Crippen molar-refractivity contribution in [2.24, 2.45) is 0 Å². The molecule has 0 spiro atoms. The summed E-state index contributed by atoms with van der Waals surface area (Å²) in [6, 6.07) is 0. The standard InChI is InChI=1S/C15H18N2O2/c18-15(12-5-2-1-3-6-12)17-9-4-7-13(11-17)14-16-8-10-19-14/h2,5-6,8,10,13H,1,3-4,7,9,11H2/t13-/m1/s1. The molecular formula is C15H18N2O2. The van der Waals surface area contributed by atoms with Crippen molar-refractivity contribution in [2.45, 2.75) is 31.6 Å². The van der Waals surface area contributed by atoms with Crippen molar-refractivity contribution in [3.63, 3.8) is 0 Å². The molecule has 0 radical (unpaired) electrons. The topological polar surface area (TPSA) is 46.3 Å². The summed E-state index contributed by atoms with van der Waals surface area (Å²) in [4.78, 5) is 18.6. The van der Waals surface area contributed by atoms with Gasteiger partial charge < -0.3 is 9.32 Å². The Morgan fingerprint density at radius 2 is 2.37 bits per heavy atom. The molecule has 100 valence electrons. The van der Waals surface area contributed by atoms with E-state index in [1.807, 2.05) is 17.1 Å². The van der Waals surface area contributed by atoms with Gasteiger partial charge in [0.05, 0.1) is 12.1 Å². The summed E-state index contributed by atoms with van der Waals surface area (Å²) in [7, 11) is 0. The molecule has 1 aromatic heterocycles. The van der Waals surface area contributed by atoms with Gasteiger partial charge in [0.25, 0.3) is 5.91 Å². The minimum absolute atomic E-state index is 0.146. The Balaban J connectivity index is 1.69. The molecule has 4 heteroatoms. The van der Waals surface area contributed by atoms with E-state index in [0.717, 1.165) is 43.7 Å². The second-order valence-electron chi connectivity index (χ2n) is 5.10. The van der Waals surface area contributed by atoms with Gasteiger partial charge in [-0.3, -0.25) is 4.79 Å². The lowest BCUT2D eigenvalue weighted by atomic mass is 9.96. The van der Waals surface area contributed by atoms with Gasteiger partial charge in [-0.05, 0) is 25.7 Å². The molecule has 1 saturated heterocycles. The smallest absolute Gasteiger partial charge is 0.253 e. The van der Waals surface area contributed by atoms with E-state index in [1.165, 1.54) is 0 Å². The predicted molar refractivity (Wildman–Crippen MR) is 71.5 cm³/mol. The normalized spacial score (nSPS) is 23.3. The van der Waals surface area contributed by atoms with Crippen LogP contribution in [-0.4, -0.2) is 28.9 Å². The minimum atomic E-state index is 0.146. The number of oxazole rings is 1. The van der Waals surface area contributed by atoms with Crippen LogP contribution >= 0.6 is 0 Å². The lowest BCUT2D eigenvalue weighted by Gasteiger charge is -2.31. The predicted octanol–water partition coefficient (Wildman–Crippen LogP) is 2.66. The zero-order chi connectivity index (χ0) is 13.1. The van der Waals surface area contributed by atoms with Gasteiger partial charge in [0.15, 0.2) is 5.89 Å². The molecule has 1 aromatic rings. The summed E-state index contributed by atoms with van der Waals surface area (Å²) in [5.74, 6) is 1.14. The molecular weight excluding hydrogens is 240 g/mol. The van der Waals surface area contributed by atoms with Gasteiger partial charge in [-0.15, -0.1) is 0 Å². The first-order valence-corrected chi connectivity index (χ1v) is 6.90. The Labute approximate surface area is 112 Å². The molecule has 19 heavy (non-hydrogen) atoms. The molecule has 1 amide bonds. The molecule has 2 aliphatic rings. The zero-order valence-electron chi connectivity index (χ0n) is 10.9. The molecule has 1 aliphatic carbocycles. The number of allylic oxidation sites excluding steroid dienone is 2. The number of nitrogens with zero attached hydrogens (tertiary/aromatic N) is 2. The van der Waals surface area contributed by atoms with Crippen LogP contribution in [0.2, 0.25) is 0 Å². The van der Waals surface area contributed by atoms with Crippen molar-refractivity contribution in [3.05, 3.63) is 42.2 Å². The molecule has 0 unspecified atom stereocenters. The lowest BCUT2D eigenvalue weighted by Crippen LogP contribution is -2.39. The van der Waals surface area contributed by atoms with Gasteiger partial charge in [0.2, 0.25) is 0 Å². The number of likely N-dealkylation sites (tertiary alicyclic amines) is 1. The molecule has 0 aromatic carbocycles. The molecule has 3 rings (SSSR count). The molecule has 0 N–H and O–H groups in total. The number of carbonyl (C=O) groups is 1. The van der Waals surface area contributed by atoms with Crippen molar-refractivity contribution in [2.75, 3.05) is 13.1 Å². The van der Waals surface area contributed by atoms with Gasteiger partial charge in [0, 0.05) is 18.7 Å². The van der Waals surface area contributed by atoms with E-state index in [0.29, 0.717) is 6.54 Å². The van der Waals surface area contributed by atoms with Crippen molar-refractivity contribution in [3.8, 4) is 0 Å². The molecule has 1 aliphatic heterocycles. The third-order valence-corrected chi connectivity index (χ3v) is 3.75. The van der Waals surface area contributed by atoms with Gasteiger partial charge >= 0.3 is 0 Å². The molecule has 1 fully saturated rings. The fourth-order valence-electron chi connectivity index (χ4n) is 2.75. The van der Waals surface area contributed by atoms with Crippen molar-refractivity contribution in [1.29, 1.82) is 0 Å².